The highest BCUT2D eigenvalue weighted by Crippen LogP contribution is 2.22. The lowest BCUT2D eigenvalue weighted by atomic mass is 9.88. The molecule has 0 saturated carbocycles. The van der Waals surface area contributed by atoms with E-state index in [4.69, 9.17) is 5.11 Å². The van der Waals surface area contributed by atoms with Crippen LogP contribution in [0.25, 0.3) is 0 Å². The molecule has 1 rings (SSSR count). The zero-order valence-corrected chi connectivity index (χ0v) is 11.4. The maximum atomic E-state index is 8.81. The first kappa shape index (κ1) is 13.5. The average molecular weight is 287 g/mol. The Hall–Kier alpha value is -0.610. The van der Waals surface area contributed by atoms with Crippen molar-refractivity contribution < 1.29 is 5.11 Å². The van der Waals surface area contributed by atoms with Crippen LogP contribution in [0, 0.1) is 5.41 Å². The molecular weight excluding hydrogens is 268 g/mol. The third-order valence-electron chi connectivity index (χ3n) is 2.47. The number of anilines is 1. The molecule has 0 unspecified atom stereocenters. The maximum Gasteiger partial charge on any atom is 0.127 e. The maximum absolute atomic E-state index is 8.81. The Labute approximate surface area is 105 Å². The zero-order valence-electron chi connectivity index (χ0n) is 9.83. The number of aliphatic hydroxyl groups excluding tert-OH is 1. The van der Waals surface area contributed by atoms with Crippen LogP contribution in [0.3, 0.4) is 0 Å². The lowest BCUT2D eigenvalue weighted by molar-refractivity contribution is 0.248. The topological polar surface area (TPSA) is 45.1 Å². The number of hydrogen-bond donors (Lipinski definition) is 2. The van der Waals surface area contributed by atoms with Crippen LogP contribution in [-0.4, -0.2) is 23.2 Å². The molecule has 0 saturated heterocycles. The van der Waals surface area contributed by atoms with Crippen molar-refractivity contribution in [2.24, 2.45) is 5.41 Å². The van der Waals surface area contributed by atoms with Gasteiger partial charge in [0.1, 0.15) is 10.4 Å². The molecular formula is C12H19BrN2O. The largest absolute Gasteiger partial charge is 0.396 e. The van der Waals surface area contributed by atoms with Gasteiger partial charge < -0.3 is 10.4 Å². The van der Waals surface area contributed by atoms with Gasteiger partial charge in [-0.1, -0.05) is 19.9 Å². The monoisotopic (exact) mass is 286 g/mol. The second-order valence-corrected chi connectivity index (χ2v) is 5.50. The molecule has 1 heterocycles. The minimum atomic E-state index is 0.173. The summed E-state index contributed by atoms with van der Waals surface area (Å²) in [5, 5.41) is 12.1. The van der Waals surface area contributed by atoms with Crippen molar-refractivity contribution in [2.45, 2.75) is 26.7 Å². The second-order valence-electron chi connectivity index (χ2n) is 4.69. The van der Waals surface area contributed by atoms with E-state index in [2.05, 4.69) is 40.1 Å². The van der Waals surface area contributed by atoms with Crippen LogP contribution < -0.4 is 5.32 Å². The average Bonchev–Trinajstić information content (AvgIpc) is 2.24. The highest BCUT2D eigenvalue weighted by atomic mass is 79.9. The molecule has 0 bridgehead atoms. The minimum Gasteiger partial charge on any atom is -0.396 e. The highest BCUT2D eigenvalue weighted by Gasteiger charge is 2.16. The van der Waals surface area contributed by atoms with Crippen LogP contribution in [0.5, 0.6) is 0 Å². The lowest BCUT2D eigenvalue weighted by Gasteiger charge is -2.24. The summed E-state index contributed by atoms with van der Waals surface area (Å²) >= 11 is 3.34. The first-order valence-corrected chi connectivity index (χ1v) is 6.30. The first-order chi connectivity index (χ1) is 7.53. The van der Waals surface area contributed by atoms with Crippen molar-refractivity contribution in [1.82, 2.24) is 4.98 Å². The smallest absolute Gasteiger partial charge is 0.127 e. The summed E-state index contributed by atoms with van der Waals surface area (Å²) in [6, 6.07) is 5.81. The summed E-state index contributed by atoms with van der Waals surface area (Å²) in [7, 11) is 0. The molecule has 0 fully saturated rings. The molecule has 90 valence electrons. The van der Waals surface area contributed by atoms with Crippen LogP contribution in [0.2, 0.25) is 0 Å². The molecule has 3 nitrogen and oxygen atoms in total. The molecule has 1 aromatic heterocycles. The predicted octanol–water partition coefficient (Wildman–Crippen LogP) is 3.05. The van der Waals surface area contributed by atoms with E-state index in [1.54, 1.807) is 0 Å². The number of nitrogens with one attached hydrogen (secondary N) is 1. The molecule has 0 atom stereocenters. The van der Waals surface area contributed by atoms with Crippen molar-refractivity contribution in [3.05, 3.63) is 22.8 Å². The Balaban J connectivity index is 2.44. The molecule has 0 aromatic carbocycles. The zero-order chi connectivity index (χ0) is 12.0. The van der Waals surface area contributed by atoms with E-state index in [1.807, 2.05) is 18.2 Å². The van der Waals surface area contributed by atoms with Gasteiger partial charge in [-0.05, 0) is 46.3 Å². The number of nitrogens with zero attached hydrogens (tertiary/aromatic N) is 1. The lowest BCUT2D eigenvalue weighted by Crippen LogP contribution is -2.23. The van der Waals surface area contributed by atoms with Gasteiger partial charge >= 0.3 is 0 Å². The number of rotatable bonds is 6. The van der Waals surface area contributed by atoms with Crippen molar-refractivity contribution in [1.29, 1.82) is 0 Å². The normalized spacial score (nSPS) is 11.5. The molecule has 0 aliphatic carbocycles. The molecule has 0 radical (unpaired) electrons. The number of halogens is 1. The predicted molar refractivity (Wildman–Crippen MR) is 70.5 cm³/mol. The SMILES string of the molecule is CC(C)(CCCO)CNc1cccc(Br)n1. The summed E-state index contributed by atoms with van der Waals surface area (Å²) in [6.45, 7) is 5.50. The Morgan fingerprint density at radius 2 is 2.19 bits per heavy atom. The van der Waals surface area contributed by atoms with Gasteiger partial charge in [0.05, 0.1) is 0 Å². The van der Waals surface area contributed by atoms with Gasteiger partial charge in [-0.3, -0.25) is 0 Å². The van der Waals surface area contributed by atoms with Crippen LogP contribution in [0.4, 0.5) is 5.82 Å². The Morgan fingerprint density at radius 3 is 2.81 bits per heavy atom. The van der Waals surface area contributed by atoms with E-state index in [0.29, 0.717) is 0 Å². The second kappa shape index (κ2) is 6.21. The quantitative estimate of drug-likeness (QED) is 0.790. The summed E-state index contributed by atoms with van der Waals surface area (Å²) < 4.78 is 0.839. The summed E-state index contributed by atoms with van der Waals surface area (Å²) in [5.74, 6) is 0.881. The van der Waals surface area contributed by atoms with Gasteiger partial charge in [-0.15, -0.1) is 0 Å². The van der Waals surface area contributed by atoms with Crippen LogP contribution >= 0.6 is 15.9 Å². The first-order valence-electron chi connectivity index (χ1n) is 5.51. The van der Waals surface area contributed by atoms with E-state index in [1.165, 1.54) is 0 Å². The molecule has 16 heavy (non-hydrogen) atoms. The number of pyridine rings is 1. The van der Waals surface area contributed by atoms with Crippen LogP contribution in [0.1, 0.15) is 26.7 Å². The number of aromatic nitrogens is 1. The van der Waals surface area contributed by atoms with Gasteiger partial charge in [0.15, 0.2) is 0 Å². The summed E-state index contributed by atoms with van der Waals surface area (Å²) in [5.41, 5.74) is 0.173. The summed E-state index contributed by atoms with van der Waals surface area (Å²) in [6.07, 6.45) is 1.85. The minimum absolute atomic E-state index is 0.173. The standard InChI is InChI=1S/C12H19BrN2O/c1-12(2,7-4-8-16)9-14-11-6-3-5-10(13)15-11/h3,5-6,16H,4,7-9H2,1-2H3,(H,14,15). The molecule has 2 N–H and O–H groups in total. The van der Waals surface area contributed by atoms with Crippen LogP contribution in [0.15, 0.2) is 22.8 Å². The third-order valence-corrected chi connectivity index (χ3v) is 2.92. The molecule has 4 heteroatoms. The molecule has 1 aromatic rings. The van der Waals surface area contributed by atoms with Crippen molar-refractivity contribution in [3.63, 3.8) is 0 Å². The third kappa shape index (κ3) is 4.94. The Bertz CT molecular complexity index is 329. The van der Waals surface area contributed by atoms with Gasteiger partial charge in [-0.25, -0.2) is 4.98 Å². The molecule has 0 aliphatic heterocycles. The van der Waals surface area contributed by atoms with E-state index in [-0.39, 0.29) is 12.0 Å². The van der Waals surface area contributed by atoms with E-state index in [0.717, 1.165) is 29.8 Å². The Kier molecular flexibility index (Phi) is 5.22. The fourth-order valence-corrected chi connectivity index (χ4v) is 1.83. The van der Waals surface area contributed by atoms with Gasteiger partial charge in [0, 0.05) is 13.2 Å². The van der Waals surface area contributed by atoms with Crippen molar-refractivity contribution in [2.75, 3.05) is 18.5 Å². The molecule has 0 spiro atoms. The summed E-state index contributed by atoms with van der Waals surface area (Å²) in [4.78, 5) is 4.31. The fraction of sp³-hybridized carbons (Fsp3) is 0.583. The highest BCUT2D eigenvalue weighted by molar-refractivity contribution is 9.10. The van der Waals surface area contributed by atoms with Crippen LogP contribution in [-0.2, 0) is 0 Å². The number of aliphatic hydroxyl groups is 1. The van der Waals surface area contributed by atoms with Crippen molar-refractivity contribution >= 4 is 21.7 Å². The van der Waals surface area contributed by atoms with Gasteiger partial charge in [0.2, 0.25) is 0 Å². The van der Waals surface area contributed by atoms with E-state index in [9.17, 15) is 0 Å². The van der Waals surface area contributed by atoms with Crippen molar-refractivity contribution in [3.8, 4) is 0 Å². The van der Waals surface area contributed by atoms with E-state index >= 15 is 0 Å². The van der Waals surface area contributed by atoms with Gasteiger partial charge in [-0.2, -0.15) is 0 Å². The number of hydrogen-bond acceptors (Lipinski definition) is 3. The van der Waals surface area contributed by atoms with E-state index < -0.39 is 0 Å². The fourth-order valence-electron chi connectivity index (χ4n) is 1.48. The molecule has 0 aliphatic rings. The molecule has 0 amide bonds. The van der Waals surface area contributed by atoms with Gasteiger partial charge in [0.25, 0.3) is 0 Å². The Morgan fingerprint density at radius 1 is 1.44 bits per heavy atom.